The number of alkyl carbamates (subject to hydrolysis) is 1. The van der Waals surface area contributed by atoms with Gasteiger partial charge < -0.3 is 26.0 Å². The number of anilines is 1. The summed E-state index contributed by atoms with van der Waals surface area (Å²) in [5.74, 6) is 0.956. The maximum atomic E-state index is 14.6. The molecule has 0 spiro atoms. The lowest BCUT2D eigenvalue weighted by atomic mass is 9.66. The van der Waals surface area contributed by atoms with Crippen molar-refractivity contribution >= 4 is 23.7 Å². The maximum Gasteiger partial charge on any atom is 0.408 e. The van der Waals surface area contributed by atoms with Crippen LogP contribution in [0.1, 0.15) is 115 Å². The van der Waals surface area contributed by atoms with E-state index >= 15 is 0 Å². The van der Waals surface area contributed by atoms with Crippen LogP contribution in [0.4, 0.5) is 10.6 Å². The van der Waals surface area contributed by atoms with E-state index in [1.54, 1.807) is 4.90 Å². The first-order valence-electron chi connectivity index (χ1n) is 16.2. The molecule has 1 aromatic rings. The number of carbonyl (C=O) groups excluding carboxylic acids is 3. The van der Waals surface area contributed by atoms with Crippen molar-refractivity contribution in [2.24, 2.45) is 17.8 Å². The number of nitrogen functional groups attached to an aromatic ring is 1. The molecular formula is C33H53N5O4. The van der Waals surface area contributed by atoms with Crippen LogP contribution < -0.4 is 16.4 Å². The van der Waals surface area contributed by atoms with E-state index in [1.165, 1.54) is 12.8 Å². The highest BCUT2D eigenvalue weighted by Crippen LogP contribution is 2.42. The van der Waals surface area contributed by atoms with E-state index in [1.807, 2.05) is 40.7 Å². The van der Waals surface area contributed by atoms with Gasteiger partial charge in [0.2, 0.25) is 11.8 Å². The van der Waals surface area contributed by atoms with Crippen LogP contribution in [-0.4, -0.2) is 52.0 Å². The van der Waals surface area contributed by atoms with Gasteiger partial charge in [0.05, 0.1) is 0 Å². The van der Waals surface area contributed by atoms with Gasteiger partial charge >= 0.3 is 6.09 Å². The summed E-state index contributed by atoms with van der Waals surface area (Å²) in [7, 11) is 0. The van der Waals surface area contributed by atoms with Crippen molar-refractivity contribution in [3.8, 4) is 0 Å². The van der Waals surface area contributed by atoms with Crippen molar-refractivity contribution < 1.29 is 19.1 Å². The number of aromatic nitrogens is 1. The molecule has 2 aliphatic carbocycles. The molecule has 1 aromatic heterocycles. The molecule has 3 aliphatic rings. The molecule has 9 nitrogen and oxygen atoms in total. The second-order valence-electron chi connectivity index (χ2n) is 13.8. The fraction of sp³-hybridized carbons (Fsp3) is 0.758. The van der Waals surface area contributed by atoms with E-state index in [9.17, 15) is 14.4 Å². The number of likely N-dealkylation sites (tertiary alicyclic amines) is 1. The zero-order valence-corrected chi connectivity index (χ0v) is 26.5. The van der Waals surface area contributed by atoms with Gasteiger partial charge in [0, 0.05) is 18.8 Å². The van der Waals surface area contributed by atoms with Gasteiger partial charge in [-0.25, -0.2) is 9.78 Å². The molecular weight excluding hydrogens is 530 g/mol. The summed E-state index contributed by atoms with van der Waals surface area (Å²) >= 11 is 0. The molecule has 42 heavy (non-hydrogen) atoms. The summed E-state index contributed by atoms with van der Waals surface area (Å²) in [5.41, 5.74) is 7.91. The molecule has 0 bridgehead atoms. The Hall–Kier alpha value is -2.84. The lowest BCUT2D eigenvalue weighted by molar-refractivity contribution is -0.142. The van der Waals surface area contributed by atoms with Crippen LogP contribution in [0.2, 0.25) is 0 Å². The van der Waals surface area contributed by atoms with E-state index in [0.717, 1.165) is 74.6 Å². The molecule has 2 heterocycles. The Kier molecular flexibility index (Phi) is 10.8. The predicted octanol–water partition coefficient (Wildman–Crippen LogP) is 5.56. The quantitative estimate of drug-likeness (QED) is 0.368. The summed E-state index contributed by atoms with van der Waals surface area (Å²) in [5, 5.41) is 6.15. The third kappa shape index (κ3) is 8.16. The third-order valence-electron chi connectivity index (χ3n) is 9.56. The van der Waals surface area contributed by atoms with Crippen LogP contribution in [0.15, 0.2) is 6.07 Å². The Morgan fingerprint density at radius 1 is 0.976 bits per heavy atom. The first-order valence-corrected chi connectivity index (χ1v) is 16.2. The molecule has 2 atom stereocenters. The van der Waals surface area contributed by atoms with Crippen LogP contribution >= 0.6 is 0 Å². The number of nitrogens with two attached hydrogens (primary N) is 1. The Labute approximate surface area is 252 Å². The number of hydrogen-bond donors (Lipinski definition) is 3. The Bertz CT molecular complexity index is 1060. The minimum absolute atomic E-state index is 0.0427. The lowest BCUT2D eigenvalue weighted by Gasteiger charge is -2.43. The molecule has 0 radical (unpaired) electrons. The van der Waals surface area contributed by atoms with Crippen molar-refractivity contribution in [1.82, 2.24) is 20.5 Å². The van der Waals surface area contributed by atoms with Crippen LogP contribution in [-0.2, 0) is 20.9 Å². The molecule has 3 fully saturated rings. The van der Waals surface area contributed by atoms with Gasteiger partial charge in [-0.1, -0.05) is 64.2 Å². The number of carbonyl (C=O) groups is 3. The topological polar surface area (TPSA) is 127 Å². The molecule has 4 N–H and O–H groups in total. The Morgan fingerprint density at radius 2 is 1.57 bits per heavy atom. The molecule has 4 rings (SSSR count). The van der Waals surface area contributed by atoms with Gasteiger partial charge in [-0.2, -0.15) is 0 Å². The number of nitrogens with one attached hydrogen (secondary N) is 2. The van der Waals surface area contributed by atoms with Gasteiger partial charge in [0.1, 0.15) is 23.5 Å². The summed E-state index contributed by atoms with van der Waals surface area (Å²) in [6, 6.07) is 0.537. The monoisotopic (exact) mass is 583 g/mol. The van der Waals surface area contributed by atoms with Gasteiger partial charge in [-0.3, -0.25) is 9.59 Å². The number of ether oxygens (including phenoxy) is 1. The first-order chi connectivity index (χ1) is 19.9. The fourth-order valence-electron chi connectivity index (χ4n) is 7.65. The standard InChI is InChI=1S/C33H53N5O4/c1-21-19-27(34)36-22(2)25(21)20-35-30(39)26-17-12-18-38(26)31(40)29(37-32(41)42-33(3,4)5)28(23-13-8-6-9-14-23)24-15-10-7-11-16-24/h19,23-24,26,28-29H,6-18,20H2,1-5H3,(H2,34,36)(H,35,39)(H,37,41)/t26-,29+/m0/s1. The minimum atomic E-state index is -0.703. The smallest absolute Gasteiger partial charge is 0.408 e. The molecule has 9 heteroatoms. The molecule has 234 valence electrons. The predicted molar refractivity (Wildman–Crippen MR) is 165 cm³/mol. The largest absolute Gasteiger partial charge is 0.444 e. The van der Waals surface area contributed by atoms with E-state index in [-0.39, 0.29) is 17.7 Å². The van der Waals surface area contributed by atoms with Crippen LogP contribution in [0.5, 0.6) is 0 Å². The zero-order valence-electron chi connectivity index (χ0n) is 26.5. The summed E-state index contributed by atoms with van der Waals surface area (Å²) in [6.07, 6.45) is 12.2. The number of nitrogens with zero attached hydrogens (tertiary/aromatic N) is 2. The third-order valence-corrected chi connectivity index (χ3v) is 9.56. The molecule has 0 unspecified atom stereocenters. The van der Waals surface area contributed by atoms with Crippen LogP contribution in [0.3, 0.4) is 0 Å². The zero-order chi connectivity index (χ0) is 30.4. The first kappa shape index (κ1) is 32.1. The number of pyridine rings is 1. The summed E-state index contributed by atoms with van der Waals surface area (Å²) in [6.45, 7) is 10.2. The molecule has 0 aromatic carbocycles. The highest BCUT2D eigenvalue weighted by molar-refractivity contribution is 5.92. The second-order valence-corrected chi connectivity index (χ2v) is 13.8. The normalized spacial score (nSPS) is 21.3. The average Bonchev–Trinajstić information content (AvgIpc) is 3.42. The second kappa shape index (κ2) is 14.1. The van der Waals surface area contributed by atoms with E-state index < -0.39 is 23.8 Å². The molecule has 3 amide bonds. The van der Waals surface area contributed by atoms with Crippen molar-refractivity contribution in [1.29, 1.82) is 0 Å². The fourth-order valence-corrected chi connectivity index (χ4v) is 7.65. The summed E-state index contributed by atoms with van der Waals surface area (Å²) in [4.78, 5) is 47.4. The summed E-state index contributed by atoms with van der Waals surface area (Å²) < 4.78 is 5.68. The van der Waals surface area contributed by atoms with Crippen LogP contribution in [0.25, 0.3) is 0 Å². The van der Waals surface area contributed by atoms with E-state index in [4.69, 9.17) is 10.5 Å². The number of rotatable bonds is 8. The average molecular weight is 584 g/mol. The highest BCUT2D eigenvalue weighted by Gasteiger charge is 2.46. The van der Waals surface area contributed by atoms with Crippen molar-refractivity contribution in [3.05, 3.63) is 22.9 Å². The minimum Gasteiger partial charge on any atom is -0.444 e. The van der Waals surface area contributed by atoms with E-state index in [2.05, 4.69) is 15.6 Å². The van der Waals surface area contributed by atoms with Gasteiger partial charge in [-0.05, 0) is 82.4 Å². The number of hydrogen-bond acceptors (Lipinski definition) is 6. The number of aryl methyl sites for hydroxylation is 2. The van der Waals surface area contributed by atoms with Gasteiger partial charge in [0.15, 0.2) is 0 Å². The Balaban J connectivity index is 1.58. The maximum absolute atomic E-state index is 14.6. The molecule has 2 saturated carbocycles. The lowest BCUT2D eigenvalue weighted by Crippen LogP contribution is -2.58. The Morgan fingerprint density at radius 3 is 2.12 bits per heavy atom. The molecule has 1 saturated heterocycles. The highest BCUT2D eigenvalue weighted by atomic mass is 16.6. The van der Waals surface area contributed by atoms with Gasteiger partial charge in [0.25, 0.3) is 0 Å². The van der Waals surface area contributed by atoms with Crippen LogP contribution in [0, 0.1) is 31.6 Å². The number of amides is 3. The van der Waals surface area contributed by atoms with Crippen molar-refractivity contribution in [2.45, 2.75) is 136 Å². The van der Waals surface area contributed by atoms with Crippen molar-refractivity contribution in [3.63, 3.8) is 0 Å². The van der Waals surface area contributed by atoms with Crippen molar-refractivity contribution in [2.75, 3.05) is 12.3 Å². The molecule has 1 aliphatic heterocycles. The van der Waals surface area contributed by atoms with Gasteiger partial charge in [-0.15, -0.1) is 0 Å². The SMILES string of the molecule is Cc1cc(N)nc(C)c1CNC(=O)[C@@H]1CCCN1C(=O)[C@H](NC(=O)OC(C)(C)C)C(C1CCCCC1)C1CCCCC1. The van der Waals surface area contributed by atoms with E-state index in [0.29, 0.717) is 37.2 Å².